The highest BCUT2D eigenvalue weighted by molar-refractivity contribution is 5.97. The van der Waals surface area contributed by atoms with Gasteiger partial charge in [-0.1, -0.05) is 6.07 Å². The van der Waals surface area contributed by atoms with Crippen LogP contribution in [0.15, 0.2) is 53.2 Å². The number of hydrogen-bond donors (Lipinski definition) is 2. The van der Waals surface area contributed by atoms with Gasteiger partial charge in [0.05, 0.1) is 6.04 Å². The maximum atomic E-state index is 13.4. The molecule has 0 fully saturated rings. The third-order valence-corrected chi connectivity index (χ3v) is 3.91. The number of amides is 1. The van der Waals surface area contributed by atoms with Gasteiger partial charge in [-0.25, -0.2) is 14.4 Å². The number of oxazole rings is 1. The van der Waals surface area contributed by atoms with Gasteiger partial charge in [-0.3, -0.25) is 9.89 Å². The fourth-order valence-electron chi connectivity index (χ4n) is 2.59. The molecule has 0 saturated carbocycles. The van der Waals surface area contributed by atoms with Gasteiger partial charge >= 0.3 is 0 Å². The summed E-state index contributed by atoms with van der Waals surface area (Å²) in [5.41, 5.74) is 2.00. The van der Waals surface area contributed by atoms with Crippen molar-refractivity contribution < 1.29 is 13.6 Å². The summed E-state index contributed by atoms with van der Waals surface area (Å²) >= 11 is 0. The van der Waals surface area contributed by atoms with E-state index in [-0.39, 0.29) is 17.8 Å². The molecule has 0 bridgehead atoms. The first-order valence-corrected chi connectivity index (χ1v) is 7.93. The van der Waals surface area contributed by atoms with Crippen molar-refractivity contribution in [3.05, 3.63) is 66.0 Å². The number of hydrogen-bond acceptors (Lipinski definition) is 5. The van der Waals surface area contributed by atoms with Gasteiger partial charge in [-0.2, -0.15) is 5.10 Å². The number of carbonyl (C=O) groups excluding carboxylic acids is 1. The van der Waals surface area contributed by atoms with Gasteiger partial charge in [-0.15, -0.1) is 0 Å². The molecule has 0 spiro atoms. The van der Waals surface area contributed by atoms with Crippen molar-refractivity contribution in [2.45, 2.75) is 13.0 Å². The SMILES string of the molecule is CC(NC(=O)c1ccc2oc(-c3cccc(F)c3)nc2c1)c1ncn[nH]1. The molecule has 2 aromatic carbocycles. The Bertz CT molecular complexity index is 1070. The molecule has 0 aliphatic rings. The molecule has 1 amide bonds. The van der Waals surface area contributed by atoms with E-state index in [2.05, 4.69) is 25.5 Å². The first-order valence-electron chi connectivity index (χ1n) is 7.93. The van der Waals surface area contributed by atoms with Crippen LogP contribution in [0.3, 0.4) is 0 Å². The Balaban J connectivity index is 1.60. The van der Waals surface area contributed by atoms with E-state index in [1.54, 1.807) is 37.3 Å². The van der Waals surface area contributed by atoms with Crippen LogP contribution < -0.4 is 5.32 Å². The fraction of sp³-hybridized carbons (Fsp3) is 0.111. The normalized spacial score (nSPS) is 12.2. The number of carbonyl (C=O) groups is 1. The molecule has 7 nitrogen and oxygen atoms in total. The zero-order valence-corrected chi connectivity index (χ0v) is 13.7. The second kappa shape index (κ2) is 6.40. The van der Waals surface area contributed by atoms with E-state index >= 15 is 0 Å². The number of H-pyrrole nitrogens is 1. The molecule has 2 heterocycles. The molecule has 8 heteroatoms. The number of nitrogens with zero attached hydrogens (tertiary/aromatic N) is 3. The molecular weight excluding hydrogens is 337 g/mol. The summed E-state index contributed by atoms with van der Waals surface area (Å²) in [6.45, 7) is 1.80. The second-order valence-corrected chi connectivity index (χ2v) is 5.78. The Morgan fingerprint density at radius 3 is 2.92 bits per heavy atom. The van der Waals surface area contributed by atoms with Crippen LogP contribution in [0.25, 0.3) is 22.6 Å². The van der Waals surface area contributed by atoms with Crippen LogP contribution in [-0.4, -0.2) is 26.1 Å². The minimum atomic E-state index is -0.369. The van der Waals surface area contributed by atoms with Gasteiger partial charge in [-0.05, 0) is 43.3 Å². The Kier molecular flexibility index (Phi) is 3.92. The first kappa shape index (κ1) is 15.9. The molecule has 4 aromatic rings. The van der Waals surface area contributed by atoms with Crippen LogP contribution in [0.4, 0.5) is 4.39 Å². The number of rotatable bonds is 4. The Hall–Kier alpha value is -3.55. The van der Waals surface area contributed by atoms with E-state index in [9.17, 15) is 9.18 Å². The van der Waals surface area contributed by atoms with E-state index in [0.29, 0.717) is 33.9 Å². The van der Waals surface area contributed by atoms with E-state index < -0.39 is 0 Å². The van der Waals surface area contributed by atoms with Gasteiger partial charge in [0, 0.05) is 11.1 Å². The Labute approximate surface area is 147 Å². The maximum absolute atomic E-state index is 13.4. The number of nitrogens with one attached hydrogen (secondary N) is 2. The van der Waals surface area contributed by atoms with Gasteiger partial charge in [0.25, 0.3) is 5.91 Å². The zero-order chi connectivity index (χ0) is 18.1. The lowest BCUT2D eigenvalue weighted by atomic mass is 10.2. The predicted molar refractivity (Wildman–Crippen MR) is 91.7 cm³/mol. The molecule has 130 valence electrons. The maximum Gasteiger partial charge on any atom is 0.251 e. The molecule has 1 unspecified atom stereocenters. The topological polar surface area (TPSA) is 96.7 Å². The van der Waals surface area contributed by atoms with E-state index in [4.69, 9.17) is 4.42 Å². The number of aromatic nitrogens is 4. The largest absolute Gasteiger partial charge is 0.436 e. The number of fused-ring (bicyclic) bond motifs is 1. The number of benzene rings is 2. The highest BCUT2D eigenvalue weighted by Gasteiger charge is 2.16. The Morgan fingerprint density at radius 2 is 2.15 bits per heavy atom. The fourth-order valence-corrected chi connectivity index (χ4v) is 2.59. The monoisotopic (exact) mass is 351 g/mol. The summed E-state index contributed by atoms with van der Waals surface area (Å²) in [5, 5.41) is 9.31. The van der Waals surface area contributed by atoms with Gasteiger partial charge in [0.2, 0.25) is 5.89 Å². The molecule has 0 radical (unpaired) electrons. The number of halogens is 1. The van der Waals surface area contributed by atoms with Crippen LogP contribution in [0.2, 0.25) is 0 Å². The lowest BCUT2D eigenvalue weighted by Crippen LogP contribution is -2.27. The molecule has 2 aromatic heterocycles. The lowest BCUT2D eigenvalue weighted by molar-refractivity contribution is 0.0938. The molecule has 0 aliphatic heterocycles. The van der Waals surface area contributed by atoms with Gasteiger partial charge in [0.15, 0.2) is 5.58 Å². The third-order valence-electron chi connectivity index (χ3n) is 3.91. The first-order chi connectivity index (χ1) is 12.6. The van der Waals surface area contributed by atoms with Crippen molar-refractivity contribution in [3.63, 3.8) is 0 Å². The molecule has 4 rings (SSSR count). The predicted octanol–water partition coefficient (Wildman–Crippen LogP) is 3.24. The summed E-state index contributed by atoms with van der Waals surface area (Å²) in [6.07, 6.45) is 1.38. The van der Waals surface area contributed by atoms with E-state index in [1.165, 1.54) is 18.5 Å². The molecular formula is C18H14FN5O2. The highest BCUT2D eigenvalue weighted by atomic mass is 19.1. The van der Waals surface area contributed by atoms with Crippen molar-refractivity contribution in [2.75, 3.05) is 0 Å². The van der Waals surface area contributed by atoms with Crippen LogP contribution >= 0.6 is 0 Å². The average Bonchev–Trinajstić information content (AvgIpc) is 3.30. The van der Waals surface area contributed by atoms with Crippen LogP contribution in [-0.2, 0) is 0 Å². The highest BCUT2D eigenvalue weighted by Crippen LogP contribution is 2.25. The minimum Gasteiger partial charge on any atom is -0.436 e. The summed E-state index contributed by atoms with van der Waals surface area (Å²) in [6, 6.07) is 10.6. The Morgan fingerprint density at radius 1 is 1.27 bits per heavy atom. The van der Waals surface area contributed by atoms with Crippen molar-refractivity contribution >= 4 is 17.0 Å². The standard InChI is InChI=1S/C18H14FN5O2/c1-10(16-20-9-21-24-16)22-17(25)11-5-6-15-14(8-11)23-18(26-15)12-3-2-4-13(19)7-12/h2-10H,1H3,(H,22,25)(H,20,21,24). The zero-order valence-electron chi connectivity index (χ0n) is 13.7. The quantitative estimate of drug-likeness (QED) is 0.588. The molecule has 0 aliphatic carbocycles. The van der Waals surface area contributed by atoms with Crippen LogP contribution in [0.5, 0.6) is 0 Å². The summed E-state index contributed by atoms with van der Waals surface area (Å²) in [4.78, 5) is 20.8. The van der Waals surface area contributed by atoms with Crippen molar-refractivity contribution in [1.29, 1.82) is 0 Å². The molecule has 26 heavy (non-hydrogen) atoms. The lowest BCUT2D eigenvalue weighted by Gasteiger charge is -2.10. The van der Waals surface area contributed by atoms with Gasteiger partial charge in [0.1, 0.15) is 23.5 Å². The van der Waals surface area contributed by atoms with Crippen LogP contribution in [0.1, 0.15) is 29.1 Å². The smallest absolute Gasteiger partial charge is 0.251 e. The molecule has 1 atom stereocenters. The minimum absolute atomic E-state index is 0.272. The summed E-state index contributed by atoms with van der Waals surface area (Å²) < 4.78 is 19.0. The van der Waals surface area contributed by atoms with Crippen molar-refractivity contribution in [1.82, 2.24) is 25.5 Å². The number of aromatic amines is 1. The third kappa shape index (κ3) is 3.04. The summed E-state index contributed by atoms with van der Waals surface area (Å²) in [7, 11) is 0. The van der Waals surface area contributed by atoms with Gasteiger partial charge < -0.3 is 9.73 Å². The second-order valence-electron chi connectivity index (χ2n) is 5.78. The summed E-state index contributed by atoms with van der Waals surface area (Å²) in [5.74, 6) is 0.221. The van der Waals surface area contributed by atoms with E-state index in [1.807, 2.05) is 0 Å². The molecule has 2 N–H and O–H groups in total. The van der Waals surface area contributed by atoms with E-state index in [0.717, 1.165) is 0 Å². The molecule has 0 saturated heterocycles. The average molecular weight is 351 g/mol. The van der Waals surface area contributed by atoms with Crippen LogP contribution in [0, 0.1) is 5.82 Å². The van der Waals surface area contributed by atoms with Crippen molar-refractivity contribution in [2.24, 2.45) is 0 Å². The van der Waals surface area contributed by atoms with Crippen molar-refractivity contribution in [3.8, 4) is 11.5 Å².